The second-order valence-electron chi connectivity index (χ2n) is 0. The Bertz CT molecular complexity index is 6.00. The van der Waals surface area contributed by atoms with Crippen molar-refractivity contribution in [1.29, 1.82) is 0 Å². The molecule has 0 fully saturated rings. The Morgan fingerprint density at radius 1 is 1.25 bits per heavy atom. The van der Waals surface area contributed by atoms with E-state index in [1.165, 1.54) is 0 Å². The second-order valence-corrected chi connectivity index (χ2v) is 0. The SMILES string of the molecule is N.[Cl][Pt].[Pt]. The Morgan fingerprint density at radius 2 is 1.25 bits per heavy atom. The first-order chi connectivity index (χ1) is 1.00. The summed E-state index contributed by atoms with van der Waals surface area (Å²) in [6, 6.07) is 0. The van der Waals surface area contributed by atoms with Crippen LogP contribution in [0.5, 0.6) is 0 Å². The average molecular weight is 443 g/mol. The Kier molecular flexibility index (Phi) is 100. The van der Waals surface area contributed by atoms with Gasteiger partial charge in [0.25, 0.3) is 0 Å². The molecule has 3 N–H and O–H groups in total. The molecule has 0 aromatic heterocycles. The molecule has 0 bridgehead atoms. The molecule has 0 aromatic carbocycles. The summed E-state index contributed by atoms with van der Waals surface area (Å²) >= 11 is 1.61. The normalized spacial score (nSPS) is 1.75. The van der Waals surface area contributed by atoms with Crippen molar-refractivity contribution in [3.05, 3.63) is 0 Å². The van der Waals surface area contributed by atoms with E-state index in [0.717, 1.165) is 0 Å². The van der Waals surface area contributed by atoms with E-state index >= 15 is 0 Å². The molecule has 35 valence electrons. The molecule has 0 amide bonds. The third-order valence-corrected chi connectivity index (χ3v) is 0. The summed E-state index contributed by atoms with van der Waals surface area (Å²) in [6.07, 6.45) is 0. The fourth-order valence-corrected chi connectivity index (χ4v) is 0. The fraction of sp³-hybridized carbons (Fsp3) is 0. The van der Waals surface area contributed by atoms with Gasteiger partial charge in [-0.15, -0.1) is 0 Å². The van der Waals surface area contributed by atoms with E-state index in [-0.39, 0.29) is 27.2 Å². The molecular weight excluding hydrogens is 440 g/mol. The quantitative estimate of drug-likeness (QED) is 0.593. The van der Waals surface area contributed by atoms with E-state index in [9.17, 15) is 0 Å². The largest absolute Gasteiger partial charge is 0 e. The van der Waals surface area contributed by atoms with Crippen LogP contribution < -0.4 is 6.15 Å². The van der Waals surface area contributed by atoms with Gasteiger partial charge in [-0.3, -0.25) is 0 Å². The van der Waals surface area contributed by atoms with Crippen LogP contribution in [0, 0.1) is 0 Å². The Morgan fingerprint density at radius 3 is 1.25 bits per heavy atom. The van der Waals surface area contributed by atoms with Gasteiger partial charge in [0.15, 0.2) is 0 Å². The van der Waals surface area contributed by atoms with Gasteiger partial charge < -0.3 is 6.15 Å². The standard InChI is InChI=1S/ClH.H3N.2Pt/h1H;1H3;;/q;;;+1/p-1. The number of halogens is 1. The van der Waals surface area contributed by atoms with Crippen LogP contribution in [-0.4, -0.2) is 0 Å². The predicted molar refractivity (Wildman–Crippen MR) is 10.9 cm³/mol. The molecule has 0 aliphatic heterocycles. The third kappa shape index (κ3) is 9.46. The van der Waals surface area contributed by atoms with Gasteiger partial charge in [-0.25, -0.2) is 0 Å². The van der Waals surface area contributed by atoms with E-state index in [0.29, 0.717) is 0 Å². The van der Waals surface area contributed by atoms with Crippen molar-refractivity contribution in [2.45, 2.75) is 0 Å². The summed E-state index contributed by atoms with van der Waals surface area (Å²) in [7, 11) is 4.61. The van der Waals surface area contributed by atoms with Gasteiger partial charge in [0.2, 0.25) is 0 Å². The second kappa shape index (κ2) is 23.0. The molecule has 0 atom stereocenters. The molecule has 0 aliphatic rings. The molecule has 0 aromatic rings. The van der Waals surface area contributed by atoms with Crippen LogP contribution in [0.1, 0.15) is 0 Å². The molecular formula is H3ClNPt2. The topological polar surface area (TPSA) is 35.0 Å². The van der Waals surface area contributed by atoms with Crippen LogP contribution >= 0.6 is 9.42 Å². The van der Waals surface area contributed by atoms with Crippen LogP contribution in [0.15, 0.2) is 0 Å². The van der Waals surface area contributed by atoms with Crippen LogP contribution in [-0.2, 0) is 39.8 Å². The van der Waals surface area contributed by atoms with Crippen molar-refractivity contribution in [3.63, 3.8) is 0 Å². The summed E-state index contributed by atoms with van der Waals surface area (Å²) < 4.78 is 0. The van der Waals surface area contributed by atoms with Crippen molar-refractivity contribution in [1.82, 2.24) is 6.15 Å². The first-order valence-electron chi connectivity index (χ1n) is 0.120. The molecule has 0 saturated carbocycles. The fourth-order valence-electron chi connectivity index (χ4n) is 0. The molecule has 4 heteroatoms. The van der Waals surface area contributed by atoms with Crippen LogP contribution in [0.2, 0.25) is 0 Å². The van der Waals surface area contributed by atoms with Gasteiger partial charge in [0.05, 0.1) is 0 Å². The van der Waals surface area contributed by atoms with Crippen molar-refractivity contribution < 1.29 is 39.8 Å². The first kappa shape index (κ1) is 17.5. The van der Waals surface area contributed by atoms with E-state index in [2.05, 4.69) is 9.42 Å². The summed E-state index contributed by atoms with van der Waals surface area (Å²) in [5, 5.41) is 0. The zero-order valence-electron chi connectivity index (χ0n) is 1.72. The summed E-state index contributed by atoms with van der Waals surface area (Å²) in [5.41, 5.74) is 0. The minimum Gasteiger partial charge on any atom is 0 e. The van der Waals surface area contributed by atoms with Crippen molar-refractivity contribution in [2.75, 3.05) is 0 Å². The number of rotatable bonds is 0. The molecule has 0 radical (unpaired) electrons. The molecule has 0 heterocycles. The van der Waals surface area contributed by atoms with Crippen LogP contribution in [0.3, 0.4) is 0 Å². The van der Waals surface area contributed by atoms with E-state index in [4.69, 9.17) is 0 Å². The number of hydrogen-bond acceptors (Lipinski definition) is 1. The van der Waals surface area contributed by atoms with Crippen molar-refractivity contribution >= 4 is 9.42 Å². The maximum Gasteiger partial charge on any atom is 0 e. The van der Waals surface area contributed by atoms with Gasteiger partial charge >= 0.3 is 28.2 Å². The zero-order valence-corrected chi connectivity index (χ0v) is 7.02. The number of hydrogen-bond donors (Lipinski definition) is 1. The molecule has 4 heavy (non-hydrogen) atoms. The van der Waals surface area contributed by atoms with Gasteiger partial charge in [-0.05, 0) is 0 Å². The first-order valence-corrected chi connectivity index (χ1v) is 2.94. The molecule has 0 spiro atoms. The minimum atomic E-state index is 0. The van der Waals surface area contributed by atoms with Crippen LogP contribution in [0.25, 0.3) is 0 Å². The monoisotopic (exact) mass is 442 g/mol. The minimum absolute atomic E-state index is 0. The summed E-state index contributed by atoms with van der Waals surface area (Å²) in [5.74, 6) is 0. The Balaban J connectivity index is -0.00000000500. The molecule has 0 rings (SSSR count). The zero-order chi connectivity index (χ0) is 2.00. The van der Waals surface area contributed by atoms with Gasteiger partial charge in [-0.2, -0.15) is 0 Å². The van der Waals surface area contributed by atoms with Crippen molar-refractivity contribution in [3.8, 4) is 0 Å². The van der Waals surface area contributed by atoms with Gasteiger partial charge in [0.1, 0.15) is 0 Å². The maximum absolute atomic E-state index is 4.61. The van der Waals surface area contributed by atoms with Gasteiger partial charge in [0, 0.05) is 21.1 Å². The molecule has 1 nitrogen and oxygen atoms in total. The van der Waals surface area contributed by atoms with E-state index < -0.39 is 0 Å². The van der Waals surface area contributed by atoms with Gasteiger partial charge in [-0.1, -0.05) is 0 Å². The summed E-state index contributed by atoms with van der Waals surface area (Å²) in [6.45, 7) is 0. The van der Waals surface area contributed by atoms with E-state index in [1.807, 2.05) is 0 Å². The Labute approximate surface area is 55.2 Å². The molecule has 0 unspecified atom stereocenters. The third-order valence-electron chi connectivity index (χ3n) is 0. The summed E-state index contributed by atoms with van der Waals surface area (Å²) in [4.78, 5) is 0. The van der Waals surface area contributed by atoms with E-state index in [1.54, 1.807) is 18.8 Å². The Hall–Kier alpha value is 1.63. The van der Waals surface area contributed by atoms with Crippen LogP contribution in [0.4, 0.5) is 0 Å². The maximum atomic E-state index is 4.61. The molecule has 0 saturated heterocycles. The van der Waals surface area contributed by atoms with Crippen molar-refractivity contribution in [2.24, 2.45) is 0 Å². The molecule has 0 aliphatic carbocycles. The smallest absolute Gasteiger partial charge is 0 e. The predicted octanol–water partition coefficient (Wildman–Crippen LogP) is 0.847. The average Bonchev–Trinajstić information content (AvgIpc) is 1.00.